The molecule has 6 radical (unpaired) electrons. The molecule has 10 heteroatoms. The molecule has 2 N–H and O–H groups in total. The summed E-state index contributed by atoms with van der Waals surface area (Å²) in [6, 6.07) is 32.7. The van der Waals surface area contributed by atoms with Gasteiger partial charge < -0.3 is 23.2 Å². The number of aromatic nitrogens is 4. The first-order valence-electron chi connectivity index (χ1n) is 26.3. The predicted molar refractivity (Wildman–Crippen MR) is 316 cm³/mol. The molecular formula is C65H68N4O3Si3. The second-order valence-electron chi connectivity index (χ2n) is 22.2. The summed E-state index contributed by atoms with van der Waals surface area (Å²) in [5.74, 6) is 23.5. The van der Waals surface area contributed by atoms with Gasteiger partial charge in [0.25, 0.3) is 0 Å². The van der Waals surface area contributed by atoms with E-state index in [4.69, 9.17) is 23.2 Å². The summed E-state index contributed by atoms with van der Waals surface area (Å²) in [5, 5.41) is 0.138. The van der Waals surface area contributed by atoms with Crippen molar-refractivity contribution >= 4 is 75.7 Å². The van der Waals surface area contributed by atoms with Gasteiger partial charge in [0.05, 0.1) is 50.5 Å². The third kappa shape index (κ3) is 16.0. The van der Waals surface area contributed by atoms with Gasteiger partial charge in [-0.15, -0.1) is 0 Å². The van der Waals surface area contributed by atoms with E-state index in [9.17, 15) is 0 Å². The van der Waals surface area contributed by atoms with Crippen LogP contribution in [0.1, 0.15) is 176 Å². The van der Waals surface area contributed by atoms with E-state index in [1.165, 1.54) is 37.7 Å². The summed E-state index contributed by atoms with van der Waals surface area (Å²) in [5.41, 5.74) is 12.6. The Kier molecular flexibility index (Phi) is 17.8. The quantitative estimate of drug-likeness (QED) is 0.0644. The largest absolute Gasteiger partial charge is 0.540 e. The highest BCUT2D eigenvalue weighted by Gasteiger charge is 2.19. The Balaban J connectivity index is 1.34. The molecule has 378 valence electrons. The zero-order chi connectivity index (χ0) is 53.0. The van der Waals surface area contributed by atoms with Gasteiger partial charge in [0.15, 0.2) is 0 Å². The number of H-pyrrole nitrogens is 2. The van der Waals surface area contributed by atoms with Gasteiger partial charge in [-0.2, -0.15) is 0 Å². The van der Waals surface area contributed by atoms with E-state index in [2.05, 4.69) is 139 Å². The van der Waals surface area contributed by atoms with Crippen LogP contribution in [0.2, 0.25) is 15.1 Å². The SMILES string of the molecule is CCCCCCCCCc1c2ccc([nH]2)c(C#Cc2cccc(O[Si]C(C)(C)C)c2)c2nc(c(C#Cc3cccc(O[Si]C(C)(C)C)c3)c3nc(c(C#Cc4cccc(O[Si]C(C)(C)C)c4)c4ccc1[nH]4)C=C3)C=C2. The highest BCUT2D eigenvalue weighted by Crippen LogP contribution is 2.30. The fraction of sp³-hybridized carbons (Fsp3) is 0.323. The lowest BCUT2D eigenvalue weighted by Crippen LogP contribution is -2.15. The Morgan fingerprint density at radius 3 is 1.15 bits per heavy atom. The first kappa shape index (κ1) is 54.3. The molecule has 0 fully saturated rings. The normalized spacial score (nSPS) is 12.0. The zero-order valence-corrected chi connectivity index (χ0v) is 48.3. The summed E-state index contributed by atoms with van der Waals surface area (Å²) in [4.78, 5) is 18.4. The van der Waals surface area contributed by atoms with Crippen molar-refractivity contribution in [3.8, 4) is 52.8 Å². The first-order chi connectivity index (χ1) is 35.9. The Morgan fingerprint density at radius 2 is 0.760 bits per heavy atom. The van der Waals surface area contributed by atoms with E-state index >= 15 is 0 Å². The summed E-state index contributed by atoms with van der Waals surface area (Å²) >= 11 is 0. The van der Waals surface area contributed by atoms with Gasteiger partial charge in [-0.25, -0.2) is 9.97 Å². The third-order valence-corrected chi connectivity index (χ3v) is 14.7. The molecule has 8 rings (SSSR count). The van der Waals surface area contributed by atoms with Crippen LogP contribution in [0.3, 0.4) is 0 Å². The average molecular weight is 1040 g/mol. The standard InChI is InChI=1S/C65H68N4O3Si3/c1-11-12-13-14-15-16-17-27-51-55-34-36-57(66-55)52(31-28-45-21-18-24-48(42-45)70-73-63(2,3)4)59-38-40-61(68-59)54(33-30-47-23-20-26-50(44-47)72-75-65(8,9)10)62-41-39-60(69-62)53(58-37-35-56(51)67-58)32-29-46-22-19-25-49(43-46)71-74-64(5,6)7/h18-26,34-44,66-67H,11-17,27H2,1-10H3. The molecule has 75 heavy (non-hydrogen) atoms. The van der Waals surface area contributed by atoms with E-state index in [1.54, 1.807) is 0 Å². The van der Waals surface area contributed by atoms with E-state index < -0.39 is 0 Å². The molecular weight excluding hydrogens is 969 g/mol. The Bertz CT molecular complexity index is 3280. The summed E-state index contributed by atoms with van der Waals surface area (Å²) in [6.07, 6.45) is 17.6. The van der Waals surface area contributed by atoms with Crippen molar-refractivity contribution < 1.29 is 13.3 Å². The number of benzene rings is 3. The van der Waals surface area contributed by atoms with Crippen molar-refractivity contribution in [2.24, 2.45) is 0 Å². The number of rotatable bonds is 14. The molecule has 2 aliphatic heterocycles. The molecule has 0 atom stereocenters. The molecule has 0 saturated carbocycles. The van der Waals surface area contributed by atoms with Crippen LogP contribution < -0.4 is 13.3 Å². The molecule has 3 aromatic heterocycles. The monoisotopic (exact) mass is 1040 g/mol. The van der Waals surface area contributed by atoms with Gasteiger partial charge in [0, 0.05) is 27.7 Å². The van der Waals surface area contributed by atoms with Gasteiger partial charge >= 0.3 is 29.3 Å². The molecule has 0 amide bonds. The lowest BCUT2D eigenvalue weighted by Gasteiger charge is -2.16. The van der Waals surface area contributed by atoms with Crippen LogP contribution in [-0.4, -0.2) is 49.2 Å². The minimum Gasteiger partial charge on any atom is -0.540 e. The second-order valence-corrected chi connectivity index (χ2v) is 27.9. The van der Waals surface area contributed by atoms with Gasteiger partial charge in [0.2, 0.25) is 0 Å². The molecule has 0 spiro atoms. The summed E-state index contributed by atoms with van der Waals surface area (Å²) < 4.78 is 18.7. The number of nitrogens with one attached hydrogen (secondary N) is 2. The lowest BCUT2D eigenvalue weighted by molar-refractivity contribution is 0.544. The topological polar surface area (TPSA) is 85.1 Å². The highest BCUT2D eigenvalue weighted by molar-refractivity contribution is 6.33. The smallest absolute Gasteiger partial charge is 0.316 e. The maximum Gasteiger partial charge on any atom is 0.316 e. The van der Waals surface area contributed by atoms with Gasteiger partial charge in [-0.3, -0.25) is 0 Å². The molecule has 0 saturated heterocycles. The maximum absolute atomic E-state index is 6.23. The molecule has 7 nitrogen and oxygen atoms in total. The van der Waals surface area contributed by atoms with E-state index in [1.807, 2.05) is 97.1 Å². The van der Waals surface area contributed by atoms with Crippen molar-refractivity contribution in [2.75, 3.05) is 0 Å². The molecule has 3 aromatic carbocycles. The minimum atomic E-state index is 0.0386. The summed E-state index contributed by atoms with van der Waals surface area (Å²) in [6.45, 7) is 21.9. The van der Waals surface area contributed by atoms with Crippen molar-refractivity contribution in [1.29, 1.82) is 0 Å². The summed E-state index contributed by atoms with van der Waals surface area (Å²) in [7, 11) is 0.939. The highest BCUT2D eigenvalue weighted by atomic mass is 28.2. The number of hydrogen-bond donors (Lipinski definition) is 2. The number of fused-ring (bicyclic) bond motifs is 8. The lowest BCUT2D eigenvalue weighted by atomic mass is 10.0. The molecule has 0 unspecified atom stereocenters. The van der Waals surface area contributed by atoms with Crippen molar-refractivity contribution in [1.82, 2.24) is 19.9 Å². The van der Waals surface area contributed by atoms with Crippen LogP contribution >= 0.6 is 0 Å². The van der Waals surface area contributed by atoms with Gasteiger partial charge in [-0.05, 0) is 137 Å². The predicted octanol–water partition coefficient (Wildman–Crippen LogP) is 15.8. The first-order valence-corrected chi connectivity index (χ1v) is 29.0. The van der Waals surface area contributed by atoms with Crippen LogP contribution in [0.4, 0.5) is 0 Å². The van der Waals surface area contributed by atoms with Crippen LogP contribution in [-0.2, 0) is 6.42 Å². The van der Waals surface area contributed by atoms with Gasteiger partial charge in [-0.1, -0.05) is 161 Å². The molecule has 5 heterocycles. The molecule has 2 aliphatic rings. The van der Waals surface area contributed by atoms with Crippen molar-refractivity contribution in [3.63, 3.8) is 0 Å². The fourth-order valence-corrected chi connectivity index (χ4v) is 9.79. The number of nitrogens with zero attached hydrogens (tertiary/aromatic N) is 2. The van der Waals surface area contributed by atoms with Gasteiger partial charge in [0.1, 0.15) is 17.2 Å². The maximum atomic E-state index is 6.23. The van der Waals surface area contributed by atoms with Crippen molar-refractivity contribution in [3.05, 3.63) is 159 Å². The Hall–Kier alpha value is -7.01. The number of hydrogen-bond acceptors (Lipinski definition) is 5. The van der Waals surface area contributed by atoms with E-state index in [-0.39, 0.29) is 15.1 Å². The van der Waals surface area contributed by atoms with E-state index in [0.29, 0.717) is 46.2 Å². The second kappa shape index (κ2) is 24.6. The third-order valence-electron chi connectivity index (χ3n) is 11.8. The van der Waals surface area contributed by atoms with Crippen LogP contribution in [0.5, 0.6) is 17.2 Å². The number of unbranched alkanes of at least 4 members (excludes halogenated alkanes) is 6. The van der Waals surface area contributed by atoms with Crippen LogP contribution in [0.15, 0.2) is 97.1 Å². The van der Waals surface area contributed by atoms with Crippen LogP contribution in [0.25, 0.3) is 46.4 Å². The minimum absolute atomic E-state index is 0.0386. The zero-order valence-electron chi connectivity index (χ0n) is 45.3. The molecule has 0 aliphatic carbocycles. The fourth-order valence-electron chi connectivity index (χ4n) is 8.14. The van der Waals surface area contributed by atoms with Crippen molar-refractivity contribution in [2.45, 2.75) is 136 Å². The molecule has 6 aromatic rings. The van der Waals surface area contributed by atoms with Crippen LogP contribution in [0, 0.1) is 35.5 Å². The average Bonchev–Trinajstić information content (AvgIpc) is 4.23. The number of aromatic amines is 2. The Labute approximate surface area is 453 Å². The molecule has 8 bridgehead atoms. The number of aryl methyl sites for hydroxylation is 1. The van der Waals surface area contributed by atoms with E-state index in [0.717, 1.165) is 97.8 Å². The Morgan fingerprint density at radius 1 is 0.413 bits per heavy atom.